The molecule has 4 heteroatoms. The van der Waals surface area contributed by atoms with E-state index in [9.17, 15) is 15.3 Å². The van der Waals surface area contributed by atoms with Gasteiger partial charge in [-0.05, 0) is 6.42 Å². The first kappa shape index (κ1) is 11.1. The molecule has 0 radical (unpaired) electrons. The second kappa shape index (κ2) is 4.22. The van der Waals surface area contributed by atoms with Crippen molar-refractivity contribution in [3.05, 3.63) is 17.7 Å². The molecule has 0 saturated carbocycles. The molecule has 0 bridgehead atoms. The summed E-state index contributed by atoms with van der Waals surface area (Å²) in [6.07, 6.45) is 1.20. The molecule has 1 aromatic carbocycles. The molecule has 0 aromatic heterocycles. The third-order valence-electron chi connectivity index (χ3n) is 2.86. The topological polar surface area (TPSA) is 69.9 Å². The minimum atomic E-state index is -0.595. The van der Waals surface area contributed by atoms with Crippen LogP contribution in [0.1, 0.15) is 25.3 Å². The lowest BCUT2D eigenvalue weighted by Crippen LogP contribution is -2.37. The maximum Gasteiger partial charge on any atom is 0.130 e. The highest BCUT2D eigenvalue weighted by molar-refractivity contribution is 5.50. The van der Waals surface area contributed by atoms with Gasteiger partial charge in [0.05, 0.1) is 6.10 Å². The highest BCUT2D eigenvalue weighted by atomic mass is 16.5. The summed E-state index contributed by atoms with van der Waals surface area (Å²) < 4.78 is 5.58. The van der Waals surface area contributed by atoms with Gasteiger partial charge in [0.2, 0.25) is 0 Å². The van der Waals surface area contributed by atoms with E-state index in [2.05, 4.69) is 0 Å². The van der Waals surface area contributed by atoms with Crippen molar-refractivity contribution in [1.29, 1.82) is 0 Å². The van der Waals surface area contributed by atoms with Crippen LogP contribution in [0.25, 0.3) is 0 Å². The number of benzene rings is 1. The number of phenols is 2. The standard InChI is InChI=1S/C12H16O4/c1-2-3-11-10(15)6-8-9(14)4-7(13)5-12(8)16-11/h4-5,10-11,13-15H,2-3,6H2,1H3. The van der Waals surface area contributed by atoms with Crippen LogP contribution in [0.4, 0.5) is 0 Å². The number of aromatic hydroxyl groups is 2. The van der Waals surface area contributed by atoms with Gasteiger partial charge >= 0.3 is 0 Å². The Morgan fingerprint density at radius 3 is 2.81 bits per heavy atom. The first-order valence-electron chi connectivity index (χ1n) is 5.51. The van der Waals surface area contributed by atoms with Gasteiger partial charge in [-0.2, -0.15) is 0 Å². The van der Waals surface area contributed by atoms with Crippen LogP contribution in [-0.2, 0) is 6.42 Å². The molecule has 88 valence electrons. The van der Waals surface area contributed by atoms with E-state index < -0.39 is 6.10 Å². The van der Waals surface area contributed by atoms with Crippen molar-refractivity contribution < 1.29 is 20.1 Å². The second-order valence-corrected chi connectivity index (χ2v) is 4.16. The first-order chi connectivity index (χ1) is 7.61. The fraction of sp³-hybridized carbons (Fsp3) is 0.500. The van der Waals surface area contributed by atoms with E-state index in [0.29, 0.717) is 17.7 Å². The summed E-state index contributed by atoms with van der Waals surface area (Å²) in [5, 5.41) is 28.8. The normalized spacial score (nSPS) is 23.6. The van der Waals surface area contributed by atoms with Crippen LogP contribution in [0, 0.1) is 0 Å². The van der Waals surface area contributed by atoms with Crippen molar-refractivity contribution in [2.75, 3.05) is 0 Å². The van der Waals surface area contributed by atoms with Gasteiger partial charge in [-0.1, -0.05) is 13.3 Å². The van der Waals surface area contributed by atoms with Crippen LogP contribution in [-0.4, -0.2) is 27.5 Å². The zero-order valence-electron chi connectivity index (χ0n) is 9.18. The zero-order chi connectivity index (χ0) is 11.7. The maximum absolute atomic E-state index is 9.84. The Morgan fingerprint density at radius 2 is 2.12 bits per heavy atom. The summed E-state index contributed by atoms with van der Waals surface area (Å²) in [7, 11) is 0. The van der Waals surface area contributed by atoms with Crippen LogP contribution in [0.15, 0.2) is 12.1 Å². The van der Waals surface area contributed by atoms with Crippen molar-refractivity contribution in [3.8, 4) is 17.2 Å². The first-order valence-corrected chi connectivity index (χ1v) is 5.51. The van der Waals surface area contributed by atoms with E-state index in [0.717, 1.165) is 12.8 Å². The Kier molecular flexibility index (Phi) is 2.92. The smallest absolute Gasteiger partial charge is 0.130 e. The second-order valence-electron chi connectivity index (χ2n) is 4.16. The lowest BCUT2D eigenvalue weighted by atomic mass is 9.96. The maximum atomic E-state index is 9.84. The van der Waals surface area contributed by atoms with E-state index >= 15 is 0 Å². The summed E-state index contributed by atoms with van der Waals surface area (Å²) in [6.45, 7) is 2.02. The molecule has 0 saturated heterocycles. The SMILES string of the molecule is CCCC1Oc2cc(O)cc(O)c2CC1O. The lowest BCUT2D eigenvalue weighted by Gasteiger charge is -2.30. The summed E-state index contributed by atoms with van der Waals surface area (Å²) in [5.41, 5.74) is 0.567. The molecule has 3 N–H and O–H groups in total. The molecule has 0 spiro atoms. The van der Waals surface area contributed by atoms with Gasteiger partial charge in [0.1, 0.15) is 23.4 Å². The molecule has 16 heavy (non-hydrogen) atoms. The Balaban J connectivity index is 2.31. The Morgan fingerprint density at radius 1 is 1.38 bits per heavy atom. The van der Waals surface area contributed by atoms with Crippen molar-refractivity contribution in [3.63, 3.8) is 0 Å². The van der Waals surface area contributed by atoms with Crippen molar-refractivity contribution in [1.82, 2.24) is 0 Å². The van der Waals surface area contributed by atoms with E-state index in [1.165, 1.54) is 12.1 Å². The molecular weight excluding hydrogens is 208 g/mol. The molecule has 1 aliphatic rings. The highest BCUT2D eigenvalue weighted by Crippen LogP contribution is 2.38. The van der Waals surface area contributed by atoms with Gasteiger partial charge in [-0.3, -0.25) is 0 Å². The molecule has 2 rings (SSSR count). The number of ether oxygens (including phenoxy) is 1. The molecule has 0 amide bonds. The average molecular weight is 224 g/mol. The summed E-state index contributed by atoms with van der Waals surface area (Å²) >= 11 is 0. The number of phenolic OH excluding ortho intramolecular Hbond substituents is 2. The number of aliphatic hydroxyl groups excluding tert-OH is 1. The summed E-state index contributed by atoms with van der Waals surface area (Å²) in [6, 6.07) is 2.73. The predicted molar refractivity (Wildman–Crippen MR) is 58.8 cm³/mol. The number of hydrogen-bond acceptors (Lipinski definition) is 4. The molecule has 1 aromatic rings. The lowest BCUT2D eigenvalue weighted by molar-refractivity contribution is 0.0159. The molecule has 4 nitrogen and oxygen atoms in total. The summed E-state index contributed by atoms with van der Waals surface area (Å²) in [5.74, 6) is 0.424. The molecule has 0 aliphatic carbocycles. The largest absolute Gasteiger partial charge is 0.508 e. The number of rotatable bonds is 2. The van der Waals surface area contributed by atoms with Gasteiger partial charge in [-0.25, -0.2) is 0 Å². The van der Waals surface area contributed by atoms with Gasteiger partial charge < -0.3 is 20.1 Å². The molecule has 1 aliphatic heterocycles. The van der Waals surface area contributed by atoms with E-state index in [1.807, 2.05) is 6.92 Å². The van der Waals surface area contributed by atoms with Crippen LogP contribution < -0.4 is 4.74 Å². The molecular formula is C12H16O4. The fourth-order valence-electron chi connectivity index (χ4n) is 2.04. The third-order valence-corrected chi connectivity index (χ3v) is 2.86. The van der Waals surface area contributed by atoms with Crippen molar-refractivity contribution >= 4 is 0 Å². The Bertz CT molecular complexity index is 389. The minimum Gasteiger partial charge on any atom is -0.508 e. The van der Waals surface area contributed by atoms with E-state index in [-0.39, 0.29) is 17.6 Å². The van der Waals surface area contributed by atoms with Crippen molar-refractivity contribution in [2.45, 2.75) is 38.4 Å². The van der Waals surface area contributed by atoms with Gasteiger partial charge in [-0.15, -0.1) is 0 Å². The number of aliphatic hydroxyl groups is 1. The predicted octanol–water partition coefficient (Wildman–Crippen LogP) is 1.56. The zero-order valence-corrected chi connectivity index (χ0v) is 9.18. The number of hydrogen-bond donors (Lipinski definition) is 3. The number of fused-ring (bicyclic) bond motifs is 1. The van der Waals surface area contributed by atoms with Gasteiger partial charge in [0.15, 0.2) is 0 Å². The Labute approximate surface area is 94.1 Å². The molecule has 1 heterocycles. The minimum absolute atomic E-state index is 0.0241. The van der Waals surface area contributed by atoms with Crippen LogP contribution in [0.3, 0.4) is 0 Å². The molecule has 0 fully saturated rings. The Hall–Kier alpha value is -1.42. The van der Waals surface area contributed by atoms with E-state index in [4.69, 9.17) is 4.74 Å². The monoisotopic (exact) mass is 224 g/mol. The summed E-state index contributed by atoms with van der Waals surface area (Å²) in [4.78, 5) is 0. The third kappa shape index (κ3) is 1.93. The fourth-order valence-corrected chi connectivity index (χ4v) is 2.04. The van der Waals surface area contributed by atoms with Crippen LogP contribution >= 0.6 is 0 Å². The van der Waals surface area contributed by atoms with Crippen molar-refractivity contribution in [2.24, 2.45) is 0 Å². The molecule has 2 atom stereocenters. The highest BCUT2D eigenvalue weighted by Gasteiger charge is 2.29. The van der Waals surface area contributed by atoms with Gasteiger partial charge in [0.25, 0.3) is 0 Å². The van der Waals surface area contributed by atoms with E-state index in [1.54, 1.807) is 0 Å². The quantitative estimate of drug-likeness (QED) is 0.713. The molecule has 2 unspecified atom stereocenters. The van der Waals surface area contributed by atoms with Crippen LogP contribution in [0.2, 0.25) is 0 Å². The average Bonchev–Trinajstić information content (AvgIpc) is 2.21. The van der Waals surface area contributed by atoms with Gasteiger partial charge in [0, 0.05) is 24.1 Å². The van der Waals surface area contributed by atoms with Crippen LogP contribution in [0.5, 0.6) is 17.2 Å².